The average Bonchev–Trinajstić information content (AvgIpc) is 3.02. The lowest BCUT2D eigenvalue weighted by atomic mass is 9.86. The molecule has 34 heavy (non-hydrogen) atoms. The number of carbonyl (C=O) groups is 1. The fourth-order valence-electron chi connectivity index (χ4n) is 5.71. The number of halogens is 1. The van der Waals surface area contributed by atoms with Crippen LogP contribution in [0.2, 0.25) is 0 Å². The van der Waals surface area contributed by atoms with Crippen molar-refractivity contribution in [2.24, 2.45) is 11.8 Å². The Morgan fingerprint density at radius 2 is 1.79 bits per heavy atom. The highest BCUT2D eigenvalue weighted by molar-refractivity contribution is 5.81. The summed E-state index contributed by atoms with van der Waals surface area (Å²) in [7, 11) is 1.94. The van der Waals surface area contributed by atoms with Crippen LogP contribution in [0.25, 0.3) is 11.1 Å². The second-order valence-corrected chi connectivity index (χ2v) is 9.26. The van der Waals surface area contributed by atoms with Crippen molar-refractivity contribution in [2.45, 2.75) is 31.6 Å². The van der Waals surface area contributed by atoms with Crippen molar-refractivity contribution >= 4 is 5.91 Å². The van der Waals surface area contributed by atoms with Gasteiger partial charge in [-0.2, -0.15) is 0 Å². The summed E-state index contributed by atoms with van der Waals surface area (Å²) in [5, 5.41) is 13.4. The third-order valence-electron chi connectivity index (χ3n) is 7.47. The van der Waals surface area contributed by atoms with Gasteiger partial charge in [-0.25, -0.2) is 4.39 Å². The molecule has 1 aromatic heterocycles. The van der Waals surface area contributed by atoms with Gasteiger partial charge in [0.15, 0.2) is 0 Å². The lowest BCUT2D eigenvalue weighted by molar-refractivity contribution is -0.128. The van der Waals surface area contributed by atoms with Gasteiger partial charge < -0.3 is 15.0 Å². The Morgan fingerprint density at radius 3 is 2.50 bits per heavy atom. The molecule has 5 rings (SSSR count). The number of pyridine rings is 1. The number of hydrogen-bond acceptors (Lipinski definition) is 4. The Hall–Kier alpha value is -3.29. The van der Waals surface area contributed by atoms with Gasteiger partial charge in [-0.3, -0.25) is 14.5 Å². The summed E-state index contributed by atoms with van der Waals surface area (Å²) in [5.41, 5.74) is 1.99. The molecule has 2 N–H and O–H groups in total. The van der Waals surface area contributed by atoms with E-state index in [0.29, 0.717) is 17.8 Å². The van der Waals surface area contributed by atoms with Crippen LogP contribution in [-0.2, 0) is 11.3 Å². The standard InChI is InChI=1S/C27H28FN3O3/c1-16(17-8-4-3-5-9-17)29-26(33)24-20(15-32)23-14-31-22(25(24)30(23)2)13-12-19(27(31)34)18-10-6-7-11-21(18)28/h3-13,16,20,23-25,32H,14-15H2,1-2H3,(H,29,33)/t16-,20+,23+,24-,25-/m1/s1. The molecule has 1 saturated heterocycles. The number of aliphatic hydroxyl groups excluding tert-OH is 1. The van der Waals surface area contributed by atoms with Crippen LogP contribution in [-0.4, -0.2) is 40.2 Å². The minimum Gasteiger partial charge on any atom is -0.396 e. The predicted octanol–water partition coefficient (Wildman–Crippen LogP) is 3.13. The van der Waals surface area contributed by atoms with Crippen LogP contribution in [0.1, 0.15) is 30.3 Å². The van der Waals surface area contributed by atoms with E-state index in [2.05, 4.69) is 10.2 Å². The van der Waals surface area contributed by atoms with Gasteiger partial charge in [0.05, 0.1) is 23.6 Å². The van der Waals surface area contributed by atoms with Gasteiger partial charge in [0, 0.05) is 36.4 Å². The molecule has 176 valence electrons. The molecule has 1 amide bonds. The summed E-state index contributed by atoms with van der Waals surface area (Å²) >= 11 is 0. The molecule has 0 spiro atoms. The molecule has 3 heterocycles. The van der Waals surface area contributed by atoms with Gasteiger partial charge in [-0.1, -0.05) is 48.5 Å². The first-order chi connectivity index (χ1) is 16.4. The van der Waals surface area contributed by atoms with E-state index in [1.807, 2.05) is 50.4 Å². The Labute approximate surface area is 197 Å². The van der Waals surface area contributed by atoms with Gasteiger partial charge in [-0.05, 0) is 37.7 Å². The molecule has 2 aromatic carbocycles. The summed E-state index contributed by atoms with van der Waals surface area (Å²) in [5.74, 6) is -1.43. The zero-order valence-corrected chi connectivity index (χ0v) is 19.2. The van der Waals surface area contributed by atoms with Crippen LogP contribution in [0, 0.1) is 17.7 Å². The Balaban J connectivity index is 1.52. The van der Waals surface area contributed by atoms with E-state index >= 15 is 0 Å². The molecule has 2 aliphatic rings. The maximum absolute atomic E-state index is 14.4. The van der Waals surface area contributed by atoms with Crippen molar-refractivity contribution in [3.8, 4) is 11.1 Å². The number of rotatable bonds is 5. The molecule has 0 radical (unpaired) electrons. The molecular formula is C27H28FN3O3. The van der Waals surface area contributed by atoms with Gasteiger partial charge in [-0.15, -0.1) is 0 Å². The predicted molar refractivity (Wildman–Crippen MR) is 127 cm³/mol. The van der Waals surface area contributed by atoms with E-state index in [1.54, 1.807) is 28.8 Å². The smallest absolute Gasteiger partial charge is 0.258 e. The van der Waals surface area contributed by atoms with Crippen LogP contribution >= 0.6 is 0 Å². The minimum absolute atomic E-state index is 0.145. The van der Waals surface area contributed by atoms with E-state index in [1.165, 1.54) is 6.07 Å². The highest BCUT2D eigenvalue weighted by Crippen LogP contribution is 2.47. The fraction of sp³-hybridized carbons (Fsp3) is 0.333. The summed E-state index contributed by atoms with van der Waals surface area (Å²) < 4.78 is 16.1. The SMILES string of the molecule is C[C@@H](NC(=O)[C@@H]1[C@@H](CO)[C@@H]2Cn3c(ccc(-c4ccccc4F)c3=O)[C@H]1N2C)c1ccccc1. The molecular weight excluding hydrogens is 433 g/mol. The second-order valence-electron chi connectivity index (χ2n) is 9.26. The van der Waals surface area contributed by atoms with Crippen LogP contribution in [0.15, 0.2) is 71.5 Å². The number of nitrogens with zero attached hydrogens (tertiary/aromatic N) is 2. The number of likely N-dealkylation sites (N-methyl/N-ethyl adjacent to an activating group) is 1. The van der Waals surface area contributed by atoms with E-state index in [-0.39, 0.29) is 47.7 Å². The highest BCUT2D eigenvalue weighted by atomic mass is 19.1. The number of amides is 1. The first-order valence-electron chi connectivity index (χ1n) is 11.6. The fourth-order valence-corrected chi connectivity index (χ4v) is 5.71. The van der Waals surface area contributed by atoms with Gasteiger partial charge in [0.1, 0.15) is 5.82 Å². The Morgan fingerprint density at radius 1 is 1.09 bits per heavy atom. The molecule has 3 aromatic rings. The van der Waals surface area contributed by atoms with Crippen LogP contribution in [0.3, 0.4) is 0 Å². The molecule has 2 aliphatic heterocycles. The third-order valence-corrected chi connectivity index (χ3v) is 7.47. The molecule has 0 aliphatic carbocycles. The van der Waals surface area contributed by atoms with Crippen molar-refractivity contribution in [1.82, 2.24) is 14.8 Å². The van der Waals surface area contributed by atoms with Crippen molar-refractivity contribution in [2.75, 3.05) is 13.7 Å². The Kier molecular flexibility index (Phi) is 5.83. The average molecular weight is 462 g/mol. The summed E-state index contributed by atoms with van der Waals surface area (Å²) in [6.45, 7) is 2.12. The van der Waals surface area contributed by atoms with E-state index in [0.717, 1.165) is 5.56 Å². The topological polar surface area (TPSA) is 74.6 Å². The van der Waals surface area contributed by atoms with Crippen LogP contribution in [0.5, 0.6) is 0 Å². The molecule has 0 saturated carbocycles. The van der Waals surface area contributed by atoms with Crippen molar-refractivity contribution in [3.05, 3.63) is 94.2 Å². The molecule has 0 unspecified atom stereocenters. The van der Waals surface area contributed by atoms with Crippen molar-refractivity contribution in [1.29, 1.82) is 0 Å². The van der Waals surface area contributed by atoms with E-state index < -0.39 is 11.7 Å². The maximum Gasteiger partial charge on any atom is 0.258 e. The monoisotopic (exact) mass is 461 g/mol. The lowest BCUT2D eigenvalue weighted by Crippen LogP contribution is -2.44. The Bertz CT molecular complexity index is 1280. The molecule has 7 heteroatoms. The third kappa shape index (κ3) is 3.56. The number of nitrogens with one attached hydrogen (secondary N) is 1. The van der Waals surface area contributed by atoms with Crippen LogP contribution < -0.4 is 10.9 Å². The summed E-state index contributed by atoms with van der Waals surface area (Å²) in [6.07, 6.45) is 0. The number of aliphatic hydroxyl groups is 1. The zero-order chi connectivity index (χ0) is 24.0. The molecule has 5 atom stereocenters. The minimum atomic E-state index is -0.515. The molecule has 2 bridgehead atoms. The number of carbonyl (C=O) groups excluding carboxylic acids is 1. The highest BCUT2D eigenvalue weighted by Gasteiger charge is 2.54. The number of aromatic nitrogens is 1. The van der Waals surface area contributed by atoms with E-state index in [4.69, 9.17) is 0 Å². The second kappa shape index (κ2) is 8.81. The molecule has 6 nitrogen and oxygen atoms in total. The number of hydrogen-bond donors (Lipinski definition) is 2. The normalized spacial score (nSPS) is 24.5. The summed E-state index contributed by atoms with van der Waals surface area (Å²) in [6, 6.07) is 18.7. The van der Waals surface area contributed by atoms with E-state index in [9.17, 15) is 19.1 Å². The quantitative estimate of drug-likeness (QED) is 0.612. The maximum atomic E-state index is 14.4. The first kappa shape index (κ1) is 22.5. The first-order valence-corrected chi connectivity index (χ1v) is 11.6. The zero-order valence-electron chi connectivity index (χ0n) is 19.2. The number of fused-ring (bicyclic) bond motifs is 4. The van der Waals surface area contributed by atoms with Crippen molar-refractivity contribution in [3.63, 3.8) is 0 Å². The molecule has 1 fully saturated rings. The van der Waals surface area contributed by atoms with Gasteiger partial charge in [0.25, 0.3) is 5.56 Å². The van der Waals surface area contributed by atoms with Gasteiger partial charge >= 0.3 is 0 Å². The van der Waals surface area contributed by atoms with Crippen molar-refractivity contribution < 1.29 is 14.3 Å². The largest absolute Gasteiger partial charge is 0.396 e. The number of benzene rings is 2. The van der Waals surface area contributed by atoms with Crippen LogP contribution in [0.4, 0.5) is 4.39 Å². The summed E-state index contributed by atoms with van der Waals surface area (Å²) in [4.78, 5) is 29.1. The van der Waals surface area contributed by atoms with Gasteiger partial charge in [0.2, 0.25) is 5.91 Å². The lowest BCUT2D eigenvalue weighted by Gasteiger charge is -2.35.